The topological polar surface area (TPSA) is 0 Å². The van der Waals surface area contributed by atoms with Crippen molar-refractivity contribution in [2.45, 2.75) is 91.9 Å². The summed E-state index contributed by atoms with van der Waals surface area (Å²) < 4.78 is 0. The maximum Gasteiger partial charge on any atom is -0.0383 e. The van der Waals surface area contributed by atoms with E-state index >= 15 is 0 Å². The highest BCUT2D eigenvalue weighted by Gasteiger charge is 2.38. The summed E-state index contributed by atoms with van der Waals surface area (Å²) in [5.41, 5.74) is 0. The summed E-state index contributed by atoms with van der Waals surface area (Å²) >= 11 is 0. The zero-order valence-corrected chi connectivity index (χ0v) is 13.4. The van der Waals surface area contributed by atoms with E-state index in [0.29, 0.717) is 0 Å². The molecular formula is C18H36. The minimum Gasteiger partial charge on any atom is -0.0683 e. The smallest absolute Gasteiger partial charge is 0.0383 e. The van der Waals surface area contributed by atoms with Gasteiger partial charge in [-0.3, -0.25) is 0 Å². The summed E-state index contributed by atoms with van der Waals surface area (Å²) in [6, 6.07) is 0. The highest BCUT2D eigenvalue weighted by molar-refractivity contribution is 4.89. The number of hydrogen-bond donors (Lipinski definition) is 0. The Hall–Kier alpha value is 0. The first kappa shape index (κ1) is 16.1. The zero-order chi connectivity index (χ0) is 13.4. The van der Waals surface area contributed by atoms with Crippen LogP contribution >= 0.6 is 0 Å². The van der Waals surface area contributed by atoms with Crippen LogP contribution in [-0.2, 0) is 0 Å². The highest BCUT2D eigenvalue weighted by Crippen LogP contribution is 2.49. The molecule has 4 atom stereocenters. The molecule has 0 nitrogen and oxygen atoms in total. The van der Waals surface area contributed by atoms with Gasteiger partial charge in [0.05, 0.1) is 0 Å². The Morgan fingerprint density at radius 2 is 0.667 bits per heavy atom. The molecule has 3 aliphatic rings. The van der Waals surface area contributed by atoms with Crippen molar-refractivity contribution >= 4 is 0 Å². The molecule has 0 aliphatic heterocycles. The number of rotatable bonds is 0. The summed E-state index contributed by atoms with van der Waals surface area (Å²) in [6.07, 6.45) is 15.7. The van der Waals surface area contributed by atoms with Gasteiger partial charge in [0.15, 0.2) is 0 Å². The molecule has 0 saturated heterocycles. The van der Waals surface area contributed by atoms with E-state index in [-0.39, 0.29) is 0 Å². The number of hydrogen-bond acceptors (Lipinski definition) is 0. The second-order valence-electron chi connectivity index (χ2n) is 6.08. The van der Waals surface area contributed by atoms with E-state index in [1.807, 2.05) is 27.7 Å². The lowest BCUT2D eigenvalue weighted by Crippen LogP contribution is -2.35. The average Bonchev–Trinajstić information content (AvgIpc) is 2.49. The van der Waals surface area contributed by atoms with Crippen LogP contribution in [0.2, 0.25) is 0 Å². The first-order valence-electron chi connectivity index (χ1n) is 8.93. The zero-order valence-electron chi connectivity index (χ0n) is 13.4. The van der Waals surface area contributed by atoms with Crippen LogP contribution in [0.4, 0.5) is 0 Å². The first-order valence-corrected chi connectivity index (χ1v) is 8.93. The van der Waals surface area contributed by atoms with Crippen molar-refractivity contribution < 1.29 is 0 Å². The Bertz CT molecular complexity index is 154. The predicted molar refractivity (Wildman–Crippen MR) is 82.8 cm³/mol. The Labute approximate surface area is 116 Å². The summed E-state index contributed by atoms with van der Waals surface area (Å²) in [7, 11) is 0. The van der Waals surface area contributed by atoms with Crippen molar-refractivity contribution in [1.29, 1.82) is 0 Å². The Morgan fingerprint density at radius 3 is 0.889 bits per heavy atom. The van der Waals surface area contributed by atoms with Gasteiger partial charge in [0.1, 0.15) is 0 Å². The van der Waals surface area contributed by atoms with Gasteiger partial charge >= 0.3 is 0 Å². The molecule has 0 heterocycles. The van der Waals surface area contributed by atoms with Crippen LogP contribution in [0.3, 0.4) is 0 Å². The molecule has 0 aromatic rings. The van der Waals surface area contributed by atoms with Gasteiger partial charge in [-0.05, 0) is 36.5 Å². The fourth-order valence-corrected chi connectivity index (χ4v) is 4.59. The normalized spacial score (nSPS) is 38.0. The lowest BCUT2D eigenvalue weighted by atomic mass is 9.60. The third-order valence-electron chi connectivity index (χ3n) is 5.34. The fraction of sp³-hybridized carbons (Fsp3) is 1.00. The molecule has 108 valence electrons. The molecule has 3 fully saturated rings. The molecule has 0 bridgehead atoms. The van der Waals surface area contributed by atoms with Gasteiger partial charge in [0.2, 0.25) is 0 Å². The molecule has 18 heavy (non-hydrogen) atoms. The lowest BCUT2D eigenvalue weighted by molar-refractivity contribution is 0.0520. The summed E-state index contributed by atoms with van der Waals surface area (Å²) in [5, 5.41) is 0. The molecule has 0 spiro atoms. The van der Waals surface area contributed by atoms with Crippen LogP contribution in [0.15, 0.2) is 0 Å². The van der Waals surface area contributed by atoms with Crippen molar-refractivity contribution in [1.82, 2.24) is 0 Å². The van der Waals surface area contributed by atoms with Crippen LogP contribution < -0.4 is 0 Å². The van der Waals surface area contributed by atoms with Gasteiger partial charge in [0, 0.05) is 0 Å². The van der Waals surface area contributed by atoms with Gasteiger partial charge in [-0.2, -0.15) is 0 Å². The molecule has 0 aromatic heterocycles. The van der Waals surface area contributed by atoms with E-state index in [4.69, 9.17) is 0 Å². The summed E-state index contributed by atoms with van der Waals surface area (Å²) in [5.74, 6) is 4.62. The van der Waals surface area contributed by atoms with Crippen molar-refractivity contribution in [3.63, 3.8) is 0 Å². The minimum absolute atomic E-state index is 1.16. The van der Waals surface area contributed by atoms with Crippen LogP contribution in [0.1, 0.15) is 91.9 Å². The second kappa shape index (κ2) is 8.99. The molecule has 3 rings (SSSR count). The van der Waals surface area contributed by atoms with E-state index in [2.05, 4.69) is 0 Å². The molecule has 3 saturated carbocycles. The van der Waals surface area contributed by atoms with Crippen LogP contribution in [0.25, 0.3) is 0 Å². The third kappa shape index (κ3) is 4.00. The summed E-state index contributed by atoms with van der Waals surface area (Å²) in [4.78, 5) is 0. The van der Waals surface area contributed by atoms with Crippen molar-refractivity contribution in [3.8, 4) is 0 Å². The van der Waals surface area contributed by atoms with E-state index in [1.54, 1.807) is 64.2 Å². The SMILES string of the molecule is C1CCC2CC3CCCCC3CC2C1.CC.CC. The molecule has 4 unspecified atom stereocenters. The number of fused-ring (bicyclic) bond motifs is 2. The standard InChI is InChI=1S/C14H24.2C2H6/c1-2-6-12-10-14-8-4-3-7-13(14)9-11(12)5-1;2*1-2/h11-14H,1-10H2;2*1-2H3. The maximum atomic E-state index is 2.00. The van der Waals surface area contributed by atoms with Crippen molar-refractivity contribution in [3.05, 3.63) is 0 Å². The lowest BCUT2D eigenvalue weighted by Gasteiger charge is -2.46. The van der Waals surface area contributed by atoms with E-state index < -0.39 is 0 Å². The Kier molecular flexibility index (Phi) is 8.02. The third-order valence-corrected chi connectivity index (χ3v) is 5.34. The largest absolute Gasteiger partial charge is 0.0683 e. The molecule has 0 heteroatoms. The minimum atomic E-state index is 1.16. The Morgan fingerprint density at radius 1 is 0.444 bits per heavy atom. The van der Waals surface area contributed by atoms with Gasteiger partial charge in [-0.15, -0.1) is 0 Å². The van der Waals surface area contributed by atoms with Crippen LogP contribution in [-0.4, -0.2) is 0 Å². The van der Waals surface area contributed by atoms with Gasteiger partial charge in [-0.25, -0.2) is 0 Å². The monoisotopic (exact) mass is 252 g/mol. The van der Waals surface area contributed by atoms with E-state index in [0.717, 1.165) is 23.7 Å². The Balaban J connectivity index is 0.000000371. The van der Waals surface area contributed by atoms with E-state index in [9.17, 15) is 0 Å². The van der Waals surface area contributed by atoms with Crippen molar-refractivity contribution in [2.75, 3.05) is 0 Å². The molecule has 0 aromatic carbocycles. The van der Waals surface area contributed by atoms with Gasteiger partial charge in [0.25, 0.3) is 0 Å². The molecule has 0 N–H and O–H groups in total. The van der Waals surface area contributed by atoms with Crippen LogP contribution in [0.5, 0.6) is 0 Å². The average molecular weight is 252 g/mol. The molecule has 0 amide bonds. The fourth-order valence-electron chi connectivity index (χ4n) is 4.59. The van der Waals surface area contributed by atoms with Gasteiger partial charge in [-0.1, -0.05) is 79.1 Å². The summed E-state index contributed by atoms with van der Waals surface area (Å²) in [6.45, 7) is 8.00. The van der Waals surface area contributed by atoms with Crippen LogP contribution in [0, 0.1) is 23.7 Å². The second-order valence-corrected chi connectivity index (χ2v) is 6.08. The van der Waals surface area contributed by atoms with E-state index in [1.165, 1.54) is 0 Å². The predicted octanol–water partition coefficient (Wildman–Crippen LogP) is 6.45. The quantitative estimate of drug-likeness (QED) is 0.465. The maximum absolute atomic E-state index is 2.00. The molecule has 3 aliphatic carbocycles. The first-order chi connectivity index (χ1) is 8.93. The van der Waals surface area contributed by atoms with Crippen molar-refractivity contribution in [2.24, 2.45) is 23.7 Å². The molecular weight excluding hydrogens is 216 g/mol. The van der Waals surface area contributed by atoms with Gasteiger partial charge < -0.3 is 0 Å². The highest BCUT2D eigenvalue weighted by atomic mass is 14.4. The molecule has 0 radical (unpaired) electrons.